The highest BCUT2D eigenvalue weighted by Gasteiger charge is 2.22. The topological polar surface area (TPSA) is 78.8 Å². The first kappa shape index (κ1) is 19.9. The molecule has 9 heteroatoms. The summed E-state index contributed by atoms with van der Waals surface area (Å²) >= 11 is 6.03. The van der Waals surface area contributed by atoms with E-state index in [1.165, 1.54) is 18.2 Å². The number of hydrogen-bond acceptors (Lipinski definition) is 4. The minimum atomic E-state index is -3.73. The normalized spacial score (nSPS) is 11.5. The number of nitrogens with one attached hydrogen (secondary N) is 1. The second-order valence-corrected chi connectivity index (χ2v) is 7.78. The molecule has 1 amide bonds. The van der Waals surface area contributed by atoms with Gasteiger partial charge in [0.2, 0.25) is 10.0 Å². The van der Waals surface area contributed by atoms with E-state index in [4.69, 9.17) is 11.6 Å². The molecule has 2 aromatic rings. The van der Waals surface area contributed by atoms with E-state index in [9.17, 15) is 17.6 Å². The molecule has 2 rings (SSSR count). The molecule has 0 saturated carbocycles. The fourth-order valence-corrected chi connectivity index (χ4v) is 3.24. The number of nitrogens with zero attached hydrogens (tertiary/aromatic N) is 2. The third kappa shape index (κ3) is 5.03. The first-order chi connectivity index (χ1) is 12.2. The molecule has 138 valence electrons. The molecule has 26 heavy (non-hydrogen) atoms. The standard InChI is InChI=1S/C17H17ClFN3O3S/c1-12-14(18)7-5-9-16(12)22(26(2,24)25)11-17(23)21-20-10-13-6-3-4-8-15(13)19/h3-10H,11H2,1-2H3,(H,21,23)/b20-10-. The van der Waals surface area contributed by atoms with E-state index >= 15 is 0 Å². The Hall–Kier alpha value is -2.45. The molecule has 0 bridgehead atoms. The van der Waals surface area contributed by atoms with E-state index in [-0.39, 0.29) is 5.56 Å². The number of carbonyl (C=O) groups is 1. The van der Waals surface area contributed by atoms with Crippen LogP contribution >= 0.6 is 11.6 Å². The summed E-state index contributed by atoms with van der Waals surface area (Å²) in [6, 6.07) is 10.7. The second kappa shape index (κ2) is 8.29. The minimum absolute atomic E-state index is 0.193. The van der Waals surface area contributed by atoms with Crippen molar-refractivity contribution in [3.05, 3.63) is 64.4 Å². The van der Waals surface area contributed by atoms with Crippen LogP contribution in [0.3, 0.4) is 0 Å². The van der Waals surface area contributed by atoms with Crippen LogP contribution in [-0.2, 0) is 14.8 Å². The van der Waals surface area contributed by atoms with Gasteiger partial charge in [-0.15, -0.1) is 0 Å². The van der Waals surface area contributed by atoms with Crippen LogP contribution in [0.15, 0.2) is 47.6 Å². The minimum Gasteiger partial charge on any atom is -0.271 e. The zero-order chi connectivity index (χ0) is 19.3. The fraction of sp³-hybridized carbons (Fsp3) is 0.176. The quantitative estimate of drug-likeness (QED) is 0.601. The van der Waals surface area contributed by atoms with Crippen molar-refractivity contribution in [3.63, 3.8) is 0 Å². The molecule has 0 aliphatic heterocycles. The maximum atomic E-state index is 13.5. The maximum Gasteiger partial charge on any atom is 0.260 e. The number of anilines is 1. The highest BCUT2D eigenvalue weighted by atomic mass is 35.5. The molecule has 0 heterocycles. The van der Waals surface area contributed by atoms with Crippen LogP contribution in [0.4, 0.5) is 10.1 Å². The Morgan fingerprint density at radius 2 is 1.96 bits per heavy atom. The van der Waals surface area contributed by atoms with Crippen LogP contribution in [0.2, 0.25) is 5.02 Å². The first-order valence-electron chi connectivity index (χ1n) is 7.49. The Bertz CT molecular complexity index is 948. The number of benzene rings is 2. The molecule has 0 fully saturated rings. The number of sulfonamides is 1. The number of carbonyl (C=O) groups excluding carboxylic acids is 1. The highest BCUT2D eigenvalue weighted by Crippen LogP contribution is 2.27. The lowest BCUT2D eigenvalue weighted by atomic mass is 10.2. The molecular formula is C17H17ClFN3O3S. The maximum absolute atomic E-state index is 13.5. The van der Waals surface area contributed by atoms with Crippen molar-refractivity contribution in [2.45, 2.75) is 6.92 Å². The Morgan fingerprint density at radius 3 is 2.62 bits per heavy atom. The lowest BCUT2D eigenvalue weighted by molar-refractivity contribution is -0.119. The van der Waals surface area contributed by atoms with Gasteiger partial charge in [0, 0.05) is 10.6 Å². The zero-order valence-electron chi connectivity index (χ0n) is 14.1. The van der Waals surface area contributed by atoms with Crippen molar-refractivity contribution in [1.82, 2.24) is 5.43 Å². The summed E-state index contributed by atoms with van der Waals surface area (Å²) in [5, 5.41) is 4.04. The van der Waals surface area contributed by atoms with E-state index in [1.807, 2.05) is 0 Å². The average molecular weight is 398 g/mol. The third-order valence-electron chi connectivity index (χ3n) is 3.49. The van der Waals surface area contributed by atoms with Gasteiger partial charge in [0.15, 0.2) is 0 Å². The Morgan fingerprint density at radius 1 is 1.27 bits per heavy atom. The van der Waals surface area contributed by atoms with Crippen molar-refractivity contribution in [3.8, 4) is 0 Å². The van der Waals surface area contributed by atoms with Crippen molar-refractivity contribution >= 4 is 39.4 Å². The summed E-state index contributed by atoms with van der Waals surface area (Å²) in [5.41, 5.74) is 3.21. The third-order valence-corrected chi connectivity index (χ3v) is 5.03. The molecule has 0 atom stereocenters. The average Bonchev–Trinajstić information content (AvgIpc) is 2.56. The van der Waals surface area contributed by atoms with Gasteiger partial charge >= 0.3 is 0 Å². The number of halogens is 2. The van der Waals surface area contributed by atoms with E-state index < -0.39 is 28.3 Å². The second-order valence-electron chi connectivity index (χ2n) is 5.47. The summed E-state index contributed by atoms with van der Waals surface area (Å²) in [5.74, 6) is -1.17. The predicted molar refractivity (Wildman–Crippen MR) is 101 cm³/mol. The van der Waals surface area contributed by atoms with E-state index in [0.717, 1.165) is 16.8 Å². The number of hydrogen-bond donors (Lipinski definition) is 1. The van der Waals surface area contributed by atoms with E-state index in [2.05, 4.69) is 10.5 Å². The summed E-state index contributed by atoms with van der Waals surface area (Å²) in [6.45, 7) is 1.17. The van der Waals surface area contributed by atoms with Crippen LogP contribution in [0.1, 0.15) is 11.1 Å². The first-order valence-corrected chi connectivity index (χ1v) is 9.72. The van der Waals surface area contributed by atoms with Crippen molar-refractivity contribution in [2.75, 3.05) is 17.1 Å². The Kier molecular flexibility index (Phi) is 6.33. The van der Waals surface area contributed by atoms with Crippen LogP contribution < -0.4 is 9.73 Å². The molecule has 0 spiro atoms. The van der Waals surface area contributed by atoms with Gasteiger partial charge in [-0.3, -0.25) is 9.10 Å². The van der Waals surface area contributed by atoms with Gasteiger partial charge in [0.25, 0.3) is 5.91 Å². The van der Waals surface area contributed by atoms with Crippen LogP contribution in [0, 0.1) is 12.7 Å². The molecule has 1 N–H and O–H groups in total. The van der Waals surface area contributed by atoms with Crippen LogP contribution in [0.25, 0.3) is 0 Å². The zero-order valence-corrected chi connectivity index (χ0v) is 15.7. The molecule has 0 unspecified atom stereocenters. The number of hydrazone groups is 1. The van der Waals surface area contributed by atoms with Gasteiger partial charge < -0.3 is 0 Å². The van der Waals surface area contributed by atoms with Crippen LogP contribution in [-0.4, -0.2) is 33.3 Å². The van der Waals surface area contributed by atoms with Gasteiger partial charge in [0.1, 0.15) is 12.4 Å². The van der Waals surface area contributed by atoms with Gasteiger partial charge in [-0.1, -0.05) is 35.9 Å². The molecule has 0 aliphatic rings. The van der Waals surface area contributed by atoms with Crippen molar-refractivity contribution < 1.29 is 17.6 Å². The van der Waals surface area contributed by atoms with Crippen molar-refractivity contribution in [2.24, 2.45) is 5.10 Å². The number of rotatable bonds is 6. The largest absolute Gasteiger partial charge is 0.271 e. The van der Waals surface area contributed by atoms with E-state index in [0.29, 0.717) is 16.3 Å². The van der Waals surface area contributed by atoms with E-state index in [1.54, 1.807) is 31.2 Å². The van der Waals surface area contributed by atoms with Crippen molar-refractivity contribution in [1.29, 1.82) is 0 Å². The number of amides is 1. The fourth-order valence-electron chi connectivity index (χ4n) is 2.17. The molecule has 0 aliphatic carbocycles. The summed E-state index contributed by atoms with van der Waals surface area (Å²) in [7, 11) is -3.73. The molecule has 0 saturated heterocycles. The Balaban J connectivity index is 2.15. The van der Waals surface area contributed by atoms with Crippen LogP contribution in [0.5, 0.6) is 0 Å². The van der Waals surface area contributed by atoms with Gasteiger partial charge in [-0.05, 0) is 30.7 Å². The molecular weight excluding hydrogens is 381 g/mol. The monoisotopic (exact) mass is 397 g/mol. The van der Waals surface area contributed by atoms with Gasteiger partial charge in [-0.2, -0.15) is 5.10 Å². The van der Waals surface area contributed by atoms with Gasteiger partial charge in [0.05, 0.1) is 18.2 Å². The lowest BCUT2D eigenvalue weighted by Crippen LogP contribution is -2.39. The highest BCUT2D eigenvalue weighted by molar-refractivity contribution is 7.92. The summed E-state index contributed by atoms with van der Waals surface area (Å²) in [4.78, 5) is 12.1. The molecule has 2 aromatic carbocycles. The predicted octanol–water partition coefficient (Wildman–Crippen LogP) is 2.70. The van der Waals surface area contributed by atoms with Gasteiger partial charge in [-0.25, -0.2) is 18.2 Å². The smallest absolute Gasteiger partial charge is 0.260 e. The molecule has 0 aromatic heterocycles. The SMILES string of the molecule is Cc1c(Cl)cccc1N(CC(=O)N/N=C\c1ccccc1F)S(C)(=O)=O. The molecule has 6 nitrogen and oxygen atoms in total. The molecule has 0 radical (unpaired) electrons. The summed E-state index contributed by atoms with van der Waals surface area (Å²) in [6.07, 6.45) is 2.13. The summed E-state index contributed by atoms with van der Waals surface area (Å²) < 4.78 is 38.6. The Labute approximate surface area is 156 Å². The lowest BCUT2D eigenvalue weighted by Gasteiger charge is -2.23.